The van der Waals surface area contributed by atoms with Gasteiger partial charge in [0.25, 0.3) is 0 Å². The molecule has 0 bridgehead atoms. The molecular formula is C12H17ClO. The van der Waals surface area contributed by atoms with Crippen molar-refractivity contribution in [2.24, 2.45) is 5.92 Å². The third kappa shape index (κ3) is 4.64. The summed E-state index contributed by atoms with van der Waals surface area (Å²) in [5, 5.41) is 0.773. The van der Waals surface area contributed by atoms with E-state index in [1.54, 1.807) is 0 Å². The van der Waals surface area contributed by atoms with Gasteiger partial charge in [0, 0.05) is 11.6 Å². The zero-order valence-corrected chi connectivity index (χ0v) is 9.55. The van der Waals surface area contributed by atoms with Crippen molar-refractivity contribution in [1.82, 2.24) is 0 Å². The second kappa shape index (κ2) is 6.05. The summed E-state index contributed by atoms with van der Waals surface area (Å²) in [6, 6.07) is 7.79. The molecule has 1 rings (SSSR count). The lowest BCUT2D eigenvalue weighted by atomic mass is 10.1. The topological polar surface area (TPSA) is 9.23 Å². The van der Waals surface area contributed by atoms with E-state index >= 15 is 0 Å². The van der Waals surface area contributed by atoms with Crippen LogP contribution in [0.25, 0.3) is 0 Å². The van der Waals surface area contributed by atoms with E-state index in [-0.39, 0.29) is 0 Å². The first-order chi connectivity index (χ1) is 6.68. The largest absolute Gasteiger partial charge is 0.377 e. The highest BCUT2D eigenvalue weighted by Crippen LogP contribution is 2.11. The molecule has 1 aromatic carbocycles. The van der Waals surface area contributed by atoms with Crippen LogP contribution in [0.4, 0.5) is 0 Å². The summed E-state index contributed by atoms with van der Waals surface area (Å²) in [6.45, 7) is 5.88. The van der Waals surface area contributed by atoms with E-state index in [4.69, 9.17) is 16.3 Å². The first-order valence-electron chi connectivity index (χ1n) is 5.00. The molecule has 0 amide bonds. The predicted molar refractivity (Wildman–Crippen MR) is 60.6 cm³/mol. The Hall–Kier alpha value is -0.530. The molecule has 0 aromatic heterocycles. The monoisotopic (exact) mass is 212 g/mol. The van der Waals surface area contributed by atoms with E-state index in [1.807, 2.05) is 24.3 Å². The summed E-state index contributed by atoms with van der Waals surface area (Å²) in [5.74, 6) is 0.703. The van der Waals surface area contributed by atoms with Crippen LogP contribution in [0.2, 0.25) is 5.02 Å². The van der Waals surface area contributed by atoms with Gasteiger partial charge in [0.1, 0.15) is 0 Å². The maximum Gasteiger partial charge on any atom is 0.0717 e. The van der Waals surface area contributed by atoms with Gasteiger partial charge in [-0.3, -0.25) is 0 Å². The Labute approximate surface area is 91.0 Å². The lowest BCUT2D eigenvalue weighted by Gasteiger charge is -2.06. The molecule has 0 heterocycles. The second-order valence-corrected chi connectivity index (χ2v) is 4.30. The van der Waals surface area contributed by atoms with Crippen LogP contribution in [0.5, 0.6) is 0 Å². The summed E-state index contributed by atoms with van der Waals surface area (Å²) in [4.78, 5) is 0. The highest BCUT2D eigenvalue weighted by molar-refractivity contribution is 6.30. The Balaban J connectivity index is 2.25. The number of hydrogen-bond acceptors (Lipinski definition) is 1. The molecule has 1 nitrogen and oxygen atoms in total. The Morgan fingerprint density at radius 2 is 2.14 bits per heavy atom. The van der Waals surface area contributed by atoms with Crippen LogP contribution in [0.1, 0.15) is 25.8 Å². The molecule has 0 N–H and O–H groups in total. The Morgan fingerprint density at radius 1 is 1.36 bits per heavy atom. The van der Waals surface area contributed by atoms with Crippen molar-refractivity contribution in [3.05, 3.63) is 34.9 Å². The minimum absolute atomic E-state index is 0.660. The number of ether oxygens (including phenoxy) is 1. The van der Waals surface area contributed by atoms with Crippen LogP contribution in [0.15, 0.2) is 24.3 Å². The van der Waals surface area contributed by atoms with Gasteiger partial charge in [0.2, 0.25) is 0 Å². The van der Waals surface area contributed by atoms with E-state index in [0.29, 0.717) is 12.5 Å². The molecule has 0 saturated carbocycles. The lowest BCUT2D eigenvalue weighted by molar-refractivity contribution is 0.110. The molecule has 0 aliphatic rings. The van der Waals surface area contributed by atoms with Crippen molar-refractivity contribution in [1.29, 1.82) is 0 Å². The maximum atomic E-state index is 5.85. The first kappa shape index (κ1) is 11.5. The number of benzene rings is 1. The summed E-state index contributed by atoms with van der Waals surface area (Å²) in [6.07, 6.45) is 1.11. The molecule has 0 fully saturated rings. The minimum atomic E-state index is 0.660. The van der Waals surface area contributed by atoms with Crippen LogP contribution >= 0.6 is 11.6 Å². The minimum Gasteiger partial charge on any atom is -0.377 e. The molecule has 0 aliphatic heterocycles. The standard InChI is InChI=1S/C12H17ClO/c1-10(2)6-7-14-9-11-4-3-5-12(13)8-11/h3-5,8,10H,6-7,9H2,1-2H3. The van der Waals surface area contributed by atoms with Crippen LogP contribution < -0.4 is 0 Å². The van der Waals surface area contributed by atoms with E-state index in [0.717, 1.165) is 23.6 Å². The average molecular weight is 213 g/mol. The van der Waals surface area contributed by atoms with Crippen molar-refractivity contribution in [3.8, 4) is 0 Å². The van der Waals surface area contributed by atoms with Crippen LogP contribution in [0, 0.1) is 5.92 Å². The van der Waals surface area contributed by atoms with E-state index in [9.17, 15) is 0 Å². The summed E-state index contributed by atoms with van der Waals surface area (Å²) in [7, 11) is 0. The van der Waals surface area contributed by atoms with Gasteiger partial charge in [-0.1, -0.05) is 37.6 Å². The predicted octanol–water partition coefficient (Wildman–Crippen LogP) is 3.90. The van der Waals surface area contributed by atoms with Crippen molar-refractivity contribution in [2.75, 3.05) is 6.61 Å². The number of rotatable bonds is 5. The van der Waals surface area contributed by atoms with Crippen LogP contribution in [-0.2, 0) is 11.3 Å². The van der Waals surface area contributed by atoms with Gasteiger partial charge in [0.15, 0.2) is 0 Å². The quantitative estimate of drug-likeness (QED) is 0.673. The fourth-order valence-electron chi connectivity index (χ4n) is 1.14. The SMILES string of the molecule is CC(C)CCOCc1cccc(Cl)c1. The third-order valence-corrected chi connectivity index (χ3v) is 2.23. The molecule has 78 valence electrons. The van der Waals surface area contributed by atoms with Crippen molar-refractivity contribution < 1.29 is 4.74 Å². The van der Waals surface area contributed by atoms with E-state index < -0.39 is 0 Å². The normalized spacial score (nSPS) is 10.9. The number of halogens is 1. The summed E-state index contributed by atoms with van der Waals surface area (Å²) in [5.41, 5.74) is 1.14. The summed E-state index contributed by atoms with van der Waals surface area (Å²) < 4.78 is 5.53. The average Bonchev–Trinajstić information content (AvgIpc) is 2.12. The Bertz CT molecular complexity index is 271. The third-order valence-electron chi connectivity index (χ3n) is 2.00. The van der Waals surface area contributed by atoms with Crippen molar-refractivity contribution >= 4 is 11.6 Å². The van der Waals surface area contributed by atoms with Crippen molar-refractivity contribution in [2.45, 2.75) is 26.9 Å². The highest BCUT2D eigenvalue weighted by Gasteiger charge is 1.96. The number of hydrogen-bond donors (Lipinski definition) is 0. The van der Waals surface area contributed by atoms with Gasteiger partial charge in [-0.25, -0.2) is 0 Å². The zero-order chi connectivity index (χ0) is 10.4. The Kier molecular flexibility index (Phi) is 4.99. The molecular weight excluding hydrogens is 196 g/mol. The van der Waals surface area contributed by atoms with Gasteiger partial charge < -0.3 is 4.74 Å². The van der Waals surface area contributed by atoms with Crippen molar-refractivity contribution in [3.63, 3.8) is 0 Å². The molecule has 0 spiro atoms. The van der Waals surface area contributed by atoms with Gasteiger partial charge in [0.05, 0.1) is 6.61 Å². The molecule has 0 atom stereocenters. The van der Waals surface area contributed by atoms with Gasteiger partial charge in [-0.15, -0.1) is 0 Å². The molecule has 14 heavy (non-hydrogen) atoms. The zero-order valence-electron chi connectivity index (χ0n) is 8.79. The van der Waals surface area contributed by atoms with Gasteiger partial charge in [-0.05, 0) is 30.0 Å². The second-order valence-electron chi connectivity index (χ2n) is 3.87. The molecule has 0 saturated heterocycles. The summed E-state index contributed by atoms with van der Waals surface area (Å²) >= 11 is 5.85. The first-order valence-corrected chi connectivity index (χ1v) is 5.38. The van der Waals surface area contributed by atoms with Gasteiger partial charge in [-0.2, -0.15) is 0 Å². The van der Waals surface area contributed by atoms with Crippen LogP contribution in [0.3, 0.4) is 0 Å². The fraction of sp³-hybridized carbons (Fsp3) is 0.500. The van der Waals surface area contributed by atoms with E-state index in [2.05, 4.69) is 13.8 Å². The van der Waals surface area contributed by atoms with Gasteiger partial charge >= 0.3 is 0 Å². The Morgan fingerprint density at radius 3 is 2.79 bits per heavy atom. The smallest absolute Gasteiger partial charge is 0.0717 e. The van der Waals surface area contributed by atoms with E-state index in [1.165, 1.54) is 0 Å². The fourth-order valence-corrected chi connectivity index (χ4v) is 1.35. The molecule has 1 aromatic rings. The molecule has 0 aliphatic carbocycles. The highest BCUT2D eigenvalue weighted by atomic mass is 35.5. The molecule has 0 radical (unpaired) electrons. The molecule has 0 unspecified atom stereocenters. The molecule has 2 heteroatoms. The van der Waals surface area contributed by atoms with Crippen LogP contribution in [-0.4, -0.2) is 6.61 Å². The lowest BCUT2D eigenvalue weighted by Crippen LogP contribution is -1.99. The maximum absolute atomic E-state index is 5.85.